The van der Waals surface area contributed by atoms with E-state index in [-0.39, 0.29) is 6.04 Å². The first kappa shape index (κ1) is 10.5. The van der Waals surface area contributed by atoms with Gasteiger partial charge in [0.25, 0.3) is 5.24 Å². The fraction of sp³-hybridized carbons (Fsp3) is 0.714. The third kappa shape index (κ3) is 5.91. The molecule has 1 amide bonds. The molecule has 1 unspecified atom stereocenters. The average Bonchev–Trinajstić information content (AvgIpc) is 1.84. The highest BCUT2D eigenvalue weighted by molar-refractivity contribution is 7.96. The molecule has 0 fully saturated rings. The lowest BCUT2D eigenvalue weighted by atomic mass is 10.1. The van der Waals surface area contributed by atoms with Gasteiger partial charge >= 0.3 is 0 Å². The van der Waals surface area contributed by atoms with Gasteiger partial charge in [-0.1, -0.05) is 26.5 Å². The van der Waals surface area contributed by atoms with Gasteiger partial charge in [-0.05, 0) is 12.3 Å². The van der Waals surface area contributed by atoms with Crippen molar-refractivity contribution < 1.29 is 9.59 Å². The van der Waals surface area contributed by atoms with Gasteiger partial charge in [0, 0.05) is 0 Å². The molecular formula is C7H13NO2S. The smallest absolute Gasteiger partial charge is 0.276 e. The summed E-state index contributed by atoms with van der Waals surface area (Å²) < 4.78 is 0. The van der Waals surface area contributed by atoms with E-state index in [1.807, 2.05) is 13.8 Å². The first-order valence-corrected chi connectivity index (χ1v) is 3.95. The quantitative estimate of drug-likeness (QED) is 0.499. The van der Waals surface area contributed by atoms with Gasteiger partial charge in [0.05, 0.1) is 6.04 Å². The molecule has 0 spiro atoms. The zero-order valence-electron chi connectivity index (χ0n) is 6.70. The molecule has 11 heavy (non-hydrogen) atoms. The Balaban J connectivity index is 3.76. The van der Waals surface area contributed by atoms with Crippen molar-refractivity contribution in [2.45, 2.75) is 26.3 Å². The number of carbonyl (C=O) groups excluding carboxylic acids is 2. The summed E-state index contributed by atoms with van der Waals surface area (Å²) in [6.07, 6.45) is 1.39. The number of rotatable bonds is 4. The summed E-state index contributed by atoms with van der Waals surface area (Å²) in [5.74, 6) is 0.394. The fourth-order valence-corrected chi connectivity index (χ4v) is 0.981. The molecule has 0 aliphatic heterocycles. The lowest BCUT2D eigenvalue weighted by Gasteiger charge is -2.12. The van der Waals surface area contributed by atoms with E-state index in [4.69, 9.17) is 0 Å². The molecule has 0 aliphatic rings. The molecule has 0 aliphatic carbocycles. The molecule has 1 atom stereocenters. The number of carbonyl (C=O) groups is 2. The molecule has 0 aromatic carbocycles. The number of hydrogen-bond donors (Lipinski definition) is 2. The van der Waals surface area contributed by atoms with Crippen molar-refractivity contribution in [3.05, 3.63) is 0 Å². The van der Waals surface area contributed by atoms with Gasteiger partial charge in [0.15, 0.2) is 0 Å². The summed E-state index contributed by atoms with van der Waals surface area (Å²) >= 11 is 3.50. The Labute approximate surface area is 72.0 Å². The summed E-state index contributed by atoms with van der Waals surface area (Å²) in [7, 11) is 0. The Hall–Kier alpha value is -0.510. The maximum atomic E-state index is 10.4. The average molecular weight is 175 g/mol. The first-order chi connectivity index (χ1) is 5.06. The summed E-state index contributed by atoms with van der Waals surface area (Å²) in [4.78, 5) is 20.7. The molecular weight excluding hydrogens is 162 g/mol. The highest BCUT2D eigenvalue weighted by atomic mass is 32.1. The van der Waals surface area contributed by atoms with E-state index in [1.54, 1.807) is 0 Å². The molecule has 1 N–H and O–H groups in total. The van der Waals surface area contributed by atoms with Crippen LogP contribution in [0, 0.1) is 5.92 Å². The summed E-state index contributed by atoms with van der Waals surface area (Å²) in [6.45, 7) is 3.97. The van der Waals surface area contributed by atoms with E-state index in [1.165, 1.54) is 0 Å². The number of hydrogen-bond acceptors (Lipinski definition) is 2. The molecule has 0 saturated carbocycles. The second-order valence-electron chi connectivity index (χ2n) is 2.82. The molecule has 64 valence electrons. The molecule has 0 aromatic rings. The first-order valence-electron chi connectivity index (χ1n) is 3.51. The van der Waals surface area contributed by atoms with Crippen LogP contribution in [0.15, 0.2) is 0 Å². The largest absolute Gasteiger partial charge is 0.338 e. The van der Waals surface area contributed by atoms with Crippen molar-refractivity contribution >= 4 is 24.2 Å². The number of aldehydes is 1. The number of nitrogens with one attached hydrogen (secondary N) is 1. The Morgan fingerprint density at radius 3 is 2.45 bits per heavy atom. The molecule has 0 heterocycles. The zero-order chi connectivity index (χ0) is 8.85. The lowest BCUT2D eigenvalue weighted by Crippen LogP contribution is -2.33. The summed E-state index contributed by atoms with van der Waals surface area (Å²) in [6, 6.07) is -0.389. The van der Waals surface area contributed by atoms with E-state index in [9.17, 15) is 9.59 Å². The third-order valence-corrected chi connectivity index (χ3v) is 1.33. The molecule has 3 nitrogen and oxygen atoms in total. The van der Waals surface area contributed by atoms with E-state index in [0.29, 0.717) is 12.3 Å². The van der Waals surface area contributed by atoms with Crippen LogP contribution in [0.4, 0.5) is 4.79 Å². The highest BCUT2D eigenvalue weighted by Gasteiger charge is 2.09. The van der Waals surface area contributed by atoms with Crippen LogP contribution < -0.4 is 5.32 Å². The lowest BCUT2D eigenvalue weighted by molar-refractivity contribution is -0.109. The third-order valence-electron chi connectivity index (χ3n) is 1.20. The van der Waals surface area contributed by atoms with Crippen molar-refractivity contribution in [3.63, 3.8) is 0 Å². The van der Waals surface area contributed by atoms with Crippen molar-refractivity contribution in [3.8, 4) is 0 Å². The normalized spacial score (nSPS) is 12.7. The van der Waals surface area contributed by atoms with E-state index >= 15 is 0 Å². The van der Waals surface area contributed by atoms with E-state index in [2.05, 4.69) is 17.9 Å². The van der Waals surface area contributed by atoms with Gasteiger partial charge in [-0.25, -0.2) is 0 Å². The van der Waals surface area contributed by atoms with Crippen LogP contribution in [0.5, 0.6) is 0 Å². The van der Waals surface area contributed by atoms with Gasteiger partial charge in [0.2, 0.25) is 0 Å². The molecule has 4 heteroatoms. The summed E-state index contributed by atoms with van der Waals surface area (Å²) in [5, 5.41) is 1.96. The topological polar surface area (TPSA) is 46.2 Å². The van der Waals surface area contributed by atoms with Gasteiger partial charge in [0.1, 0.15) is 6.29 Å². The Kier molecular flexibility index (Phi) is 4.94. The SMILES string of the molecule is CC(C)CC(C=O)NC(=O)S. The second-order valence-corrected chi connectivity index (χ2v) is 3.23. The van der Waals surface area contributed by atoms with Crippen LogP contribution >= 0.6 is 12.6 Å². The Morgan fingerprint density at radius 1 is 1.64 bits per heavy atom. The number of amides is 1. The van der Waals surface area contributed by atoms with Crippen LogP contribution in [0.25, 0.3) is 0 Å². The van der Waals surface area contributed by atoms with E-state index in [0.717, 1.165) is 6.29 Å². The second kappa shape index (κ2) is 5.18. The monoisotopic (exact) mass is 175 g/mol. The van der Waals surface area contributed by atoms with Crippen molar-refractivity contribution in [1.29, 1.82) is 0 Å². The summed E-state index contributed by atoms with van der Waals surface area (Å²) in [5.41, 5.74) is 0. The molecule has 0 bridgehead atoms. The van der Waals surface area contributed by atoms with Crippen LogP contribution in [0.3, 0.4) is 0 Å². The Morgan fingerprint density at radius 2 is 2.18 bits per heavy atom. The van der Waals surface area contributed by atoms with Crippen LogP contribution in [-0.4, -0.2) is 17.6 Å². The van der Waals surface area contributed by atoms with E-state index < -0.39 is 5.24 Å². The maximum Gasteiger partial charge on any atom is 0.276 e. The highest BCUT2D eigenvalue weighted by Crippen LogP contribution is 2.02. The molecule has 0 radical (unpaired) electrons. The van der Waals surface area contributed by atoms with Gasteiger partial charge < -0.3 is 10.1 Å². The maximum absolute atomic E-state index is 10.4. The predicted molar refractivity (Wildman–Crippen MR) is 46.8 cm³/mol. The van der Waals surface area contributed by atoms with Crippen LogP contribution in [0.2, 0.25) is 0 Å². The standard InChI is InChI=1S/C7H13NO2S/c1-5(2)3-6(4-9)8-7(10)11/h4-6H,3H2,1-2H3,(H2,8,10,11). The van der Waals surface area contributed by atoms with Crippen molar-refractivity contribution in [2.24, 2.45) is 5.92 Å². The molecule has 0 rings (SSSR count). The minimum Gasteiger partial charge on any atom is -0.338 e. The minimum absolute atomic E-state index is 0.389. The van der Waals surface area contributed by atoms with Crippen molar-refractivity contribution in [1.82, 2.24) is 5.32 Å². The minimum atomic E-state index is -0.456. The van der Waals surface area contributed by atoms with Crippen LogP contribution in [0.1, 0.15) is 20.3 Å². The number of thiol groups is 1. The van der Waals surface area contributed by atoms with Gasteiger partial charge in [-0.15, -0.1) is 0 Å². The van der Waals surface area contributed by atoms with Gasteiger partial charge in [-0.3, -0.25) is 4.79 Å². The van der Waals surface area contributed by atoms with Gasteiger partial charge in [-0.2, -0.15) is 0 Å². The zero-order valence-corrected chi connectivity index (χ0v) is 7.60. The van der Waals surface area contributed by atoms with Crippen molar-refractivity contribution in [2.75, 3.05) is 0 Å². The Bertz CT molecular complexity index is 147. The predicted octanol–water partition coefficient (Wildman–Crippen LogP) is 1.24. The molecule has 0 aromatic heterocycles. The van der Waals surface area contributed by atoms with Crippen LogP contribution in [-0.2, 0) is 4.79 Å². The fourth-order valence-electron chi connectivity index (χ4n) is 0.815. The molecule has 0 saturated heterocycles.